The number of aromatic nitrogens is 1. The molecule has 7 nitrogen and oxygen atoms in total. The van der Waals surface area contributed by atoms with Crippen LogP contribution < -0.4 is 16.0 Å². The monoisotopic (exact) mass is 434 g/mol. The third-order valence-electron chi connectivity index (χ3n) is 4.36. The van der Waals surface area contributed by atoms with Gasteiger partial charge in [0, 0.05) is 30.5 Å². The molecule has 3 rings (SSSR count). The fourth-order valence-electron chi connectivity index (χ4n) is 2.89. The van der Waals surface area contributed by atoms with Gasteiger partial charge in [0.2, 0.25) is 17.7 Å². The number of para-hydroxylation sites is 1. The maximum atomic E-state index is 12.1. The molecule has 0 radical (unpaired) electrons. The molecule has 0 saturated heterocycles. The summed E-state index contributed by atoms with van der Waals surface area (Å²) in [6.45, 7) is 1.90. The largest absolute Gasteiger partial charge is 0.366 e. The first kappa shape index (κ1) is 21.9. The van der Waals surface area contributed by atoms with Gasteiger partial charge in [-0.1, -0.05) is 30.3 Å². The fraction of sp³-hybridized carbons (Fsp3) is 0.130. The zero-order valence-electron chi connectivity index (χ0n) is 16.9. The molecule has 0 spiro atoms. The number of primary amides is 1. The SMILES string of the molecule is CC(=O)N(c1ccccc1)c1nc(/C=C/C(=O)NCCc2cccc(C(N)=O)c2)cs1. The smallest absolute Gasteiger partial charge is 0.248 e. The van der Waals surface area contributed by atoms with Crippen LogP contribution in [0.3, 0.4) is 0 Å². The molecule has 31 heavy (non-hydrogen) atoms. The van der Waals surface area contributed by atoms with E-state index in [1.54, 1.807) is 29.7 Å². The molecule has 0 aliphatic carbocycles. The first-order valence-electron chi connectivity index (χ1n) is 9.60. The van der Waals surface area contributed by atoms with Crippen LogP contribution in [0.4, 0.5) is 10.8 Å². The molecular weight excluding hydrogens is 412 g/mol. The predicted octanol–water partition coefficient (Wildman–Crippen LogP) is 3.30. The molecule has 3 aromatic rings. The first-order chi connectivity index (χ1) is 14.9. The Hall–Kier alpha value is -3.78. The average Bonchev–Trinajstić information content (AvgIpc) is 3.21. The fourth-order valence-corrected chi connectivity index (χ4v) is 3.74. The van der Waals surface area contributed by atoms with E-state index in [9.17, 15) is 14.4 Å². The maximum Gasteiger partial charge on any atom is 0.248 e. The van der Waals surface area contributed by atoms with Crippen LogP contribution >= 0.6 is 11.3 Å². The van der Waals surface area contributed by atoms with Gasteiger partial charge in [0.25, 0.3) is 0 Å². The van der Waals surface area contributed by atoms with E-state index < -0.39 is 5.91 Å². The second-order valence-electron chi connectivity index (χ2n) is 6.68. The average molecular weight is 435 g/mol. The summed E-state index contributed by atoms with van der Waals surface area (Å²) in [5.74, 6) is -0.881. The normalized spacial score (nSPS) is 10.7. The van der Waals surface area contributed by atoms with Gasteiger partial charge in [-0.3, -0.25) is 19.3 Å². The number of carbonyl (C=O) groups is 3. The Morgan fingerprint density at radius 2 is 1.90 bits per heavy atom. The number of anilines is 2. The number of nitrogens with zero attached hydrogens (tertiary/aromatic N) is 2. The van der Waals surface area contributed by atoms with Gasteiger partial charge in [0.05, 0.1) is 11.4 Å². The number of nitrogens with two attached hydrogens (primary N) is 1. The number of thiazole rings is 1. The molecule has 158 valence electrons. The second kappa shape index (κ2) is 10.3. The Balaban J connectivity index is 1.57. The molecule has 0 atom stereocenters. The lowest BCUT2D eigenvalue weighted by atomic mass is 10.1. The molecule has 3 N–H and O–H groups in total. The molecule has 0 fully saturated rings. The van der Waals surface area contributed by atoms with Gasteiger partial charge >= 0.3 is 0 Å². The Labute approximate surface area is 184 Å². The molecule has 0 unspecified atom stereocenters. The molecule has 3 amide bonds. The summed E-state index contributed by atoms with van der Waals surface area (Å²) in [4.78, 5) is 41.4. The number of hydrogen-bond donors (Lipinski definition) is 2. The van der Waals surface area contributed by atoms with Crippen LogP contribution in [0.15, 0.2) is 66.1 Å². The van der Waals surface area contributed by atoms with E-state index in [0.717, 1.165) is 11.3 Å². The Morgan fingerprint density at radius 1 is 1.13 bits per heavy atom. The van der Waals surface area contributed by atoms with Crippen LogP contribution in [0.2, 0.25) is 0 Å². The maximum absolute atomic E-state index is 12.1. The van der Waals surface area contributed by atoms with Gasteiger partial charge in [-0.15, -0.1) is 11.3 Å². The minimum absolute atomic E-state index is 0.144. The van der Waals surface area contributed by atoms with E-state index in [0.29, 0.717) is 29.4 Å². The van der Waals surface area contributed by atoms with E-state index in [4.69, 9.17) is 5.73 Å². The predicted molar refractivity (Wildman–Crippen MR) is 122 cm³/mol. The minimum atomic E-state index is -0.480. The number of hydrogen-bond acceptors (Lipinski definition) is 5. The molecule has 0 saturated carbocycles. The Bertz CT molecular complexity index is 1110. The van der Waals surface area contributed by atoms with Crippen molar-refractivity contribution in [1.82, 2.24) is 10.3 Å². The molecular formula is C23H22N4O3S. The third-order valence-corrected chi connectivity index (χ3v) is 5.20. The summed E-state index contributed by atoms with van der Waals surface area (Å²) in [7, 11) is 0. The summed E-state index contributed by atoms with van der Waals surface area (Å²) in [5.41, 5.74) is 7.96. The summed E-state index contributed by atoms with van der Waals surface area (Å²) >= 11 is 1.32. The lowest BCUT2D eigenvalue weighted by molar-refractivity contribution is -0.117. The molecule has 0 aliphatic heterocycles. The number of rotatable bonds is 8. The molecule has 1 heterocycles. The second-order valence-corrected chi connectivity index (χ2v) is 7.52. The van der Waals surface area contributed by atoms with Crippen molar-refractivity contribution in [2.45, 2.75) is 13.3 Å². The van der Waals surface area contributed by atoms with Gasteiger partial charge in [-0.25, -0.2) is 4.98 Å². The number of nitrogens with one attached hydrogen (secondary N) is 1. The standard InChI is InChI=1S/C23H22N4O3S/c1-16(28)27(20-8-3-2-4-9-20)23-26-19(15-31-23)10-11-21(29)25-13-12-17-6-5-7-18(14-17)22(24)30/h2-11,14-15H,12-13H2,1H3,(H2,24,30)(H,25,29)/b11-10+. The summed E-state index contributed by atoms with van der Waals surface area (Å²) in [5, 5.41) is 5.11. The summed E-state index contributed by atoms with van der Waals surface area (Å²) in [6.07, 6.45) is 3.58. The van der Waals surface area contributed by atoms with E-state index in [-0.39, 0.29) is 11.8 Å². The van der Waals surface area contributed by atoms with Gasteiger partial charge < -0.3 is 11.1 Å². The highest BCUT2D eigenvalue weighted by Crippen LogP contribution is 2.28. The molecule has 8 heteroatoms. The van der Waals surface area contributed by atoms with E-state index in [2.05, 4.69) is 10.3 Å². The van der Waals surface area contributed by atoms with Gasteiger partial charge in [-0.2, -0.15) is 0 Å². The van der Waals surface area contributed by atoms with Crippen molar-refractivity contribution in [2.24, 2.45) is 5.73 Å². The highest BCUT2D eigenvalue weighted by Gasteiger charge is 2.17. The molecule has 2 aromatic carbocycles. The van der Waals surface area contributed by atoms with Crippen molar-refractivity contribution < 1.29 is 14.4 Å². The third kappa shape index (κ3) is 6.10. The van der Waals surface area contributed by atoms with Crippen LogP contribution in [0, 0.1) is 0 Å². The van der Waals surface area contributed by atoms with Crippen molar-refractivity contribution in [1.29, 1.82) is 0 Å². The van der Waals surface area contributed by atoms with Crippen molar-refractivity contribution in [3.05, 3.63) is 82.9 Å². The zero-order chi connectivity index (χ0) is 22.2. The quantitative estimate of drug-likeness (QED) is 0.531. The van der Waals surface area contributed by atoms with Crippen molar-refractivity contribution in [3.63, 3.8) is 0 Å². The highest BCUT2D eigenvalue weighted by atomic mass is 32.1. The number of amides is 3. The Kier molecular flexibility index (Phi) is 7.29. The molecule has 1 aromatic heterocycles. The molecule has 0 aliphatic rings. The van der Waals surface area contributed by atoms with E-state index >= 15 is 0 Å². The molecule has 0 bridgehead atoms. The van der Waals surface area contributed by atoms with Crippen molar-refractivity contribution in [2.75, 3.05) is 11.4 Å². The summed E-state index contributed by atoms with van der Waals surface area (Å²) in [6, 6.07) is 16.3. The first-order valence-corrected chi connectivity index (χ1v) is 10.5. The zero-order valence-corrected chi connectivity index (χ0v) is 17.8. The van der Waals surface area contributed by atoms with Crippen LogP contribution in [0.1, 0.15) is 28.5 Å². The summed E-state index contributed by atoms with van der Waals surface area (Å²) < 4.78 is 0. The van der Waals surface area contributed by atoms with E-state index in [1.165, 1.54) is 29.2 Å². The lowest BCUT2D eigenvalue weighted by Gasteiger charge is -2.17. The van der Waals surface area contributed by atoms with E-state index in [1.807, 2.05) is 36.4 Å². The van der Waals surface area contributed by atoms with Crippen LogP contribution in [-0.2, 0) is 16.0 Å². The van der Waals surface area contributed by atoms with Crippen LogP contribution in [0.5, 0.6) is 0 Å². The number of carbonyl (C=O) groups excluding carboxylic acids is 3. The van der Waals surface area contributed by atoms with Gasteiger partial charge in [-0.05, 0) is 42.3 Å². The minimum Gasteiger partial charge on any atom is -0.366 e. The topological polar surface area (TPSA) is 105 Å². The Morgan fingerprint density at radius 3 is 2.61 bits per heavy atom. The van der Waals surface area contributed by atoms with Crippen LogP contribution in [0.25, 0.3) is 6.08 Å². The highest BCUT2D eigenvalue weighted by molar-refractivity contribution is 7.14. The van der Waals surface area contributed by atoms with Crippen molar-refractivity contribution in [3.8, 4) is 0 Å². The van der Waals surface area contributed by atoms with Gasteiger partial charge in [0.15, 0.2) is 5.13 Å². The van der Waals surface area contributed by atoms with Crippen molar-refractivity contribution >= 4 is 46.0 Å². The van der Waals surface area contributed by atoms with Crippen LogP contribution in [-0.4, -0.2) is 29.3 Å². The van der Waals surface area contributed by atoms with Gasteiger partial charge in [0.1, 0.15) is 0 Å². The lowest BCUT2D eigenvalue weighted by Crippen LogP contribution is -2.23. The number of benzene rings is 2.